The van der Waals surface area contributed by atoms with Crippen LogP contribution in [-0.2, 0) is 30.8 Å². The van der Waals surface area contributed by atoms with Gasteiger partial charge < -0.3 is 10.2 Å². The summed E-state index contributed by atoms with van der Waals surface area (Å²) in [5.41, 5.74) is 1.93. The van der Waals surface area contributed by atoms with Gasteiger partial charge in [0, 0.05) is 20.1 Å². The van der Waals surface area contributed by atoms with Crippen LogP contribution in [0.25, 0.3) is 0 Å². The first-order valence-corrected chi connectivity index (χ1v) is 12.3. The van der Waals surface area contributed by atoms with Gasteiger partial charge in [0.1, 0.15) is 11.5 Å². The molecule has 33 heavy (non-hydrogen) atoms. The molecule has 0 bridgehead atoms. The topological polar surface area (TPSA) is 53.6 Å². The first kappa shape index (κ1) is 34.6. The van der Waals surface area contributed by atoms with Crippen LogP contribution >= 0.6 is 56.7 Å². The van der Waals surface area contributed by atoms with E-state index in [9.17, 15) is 10.2 Å². The fourth-order valence-corrected chi connectivity index (χ4v) is 3.57. The Labute approximate surface area is 238 Å². The van der Waals surface area contributed by atoms with Crippen LogP contribution in [0.4, 0.5) is 0 Å². The molecule has 8 heteroatoms. The number of phenolic OH excluding ortho intramolecular Hbond substituents is 2. The van der Waals surface area contributed by atoms with E-state index in [0.29, 0.717) is 11.5 Å². The molecular weight excluding hydrogens is 627 g/mol. The number of halogens is 4. The summed E-state index contributed by atoms with van der Waals surface area (Å²) in [6.07, 6.45) is 1.66. The summed E-state index contributed by atoms with van der Waals surface area (Å²) < 4.78 is 8.85. The minimum atomic E-state index is -0.00609. The number of hydrogen-bond donors (Lipinski definition) is 2. The molecule has 0 radical (unpaired) electrons. The van der Waals surface area contributed by atoms with Crippen LogP contribution < -0.4 is 0 Å². The first-order valence-electron chi connectivity index (χ1n) is 9.77. The van der Waals surface area contributed by atoms with Crippen molar-refractivity contribution in [1.82, 2.24) is 0 Å². The third kappa shape index (κ3) is 12.6. The van der Waals surface area contributed by atoms with Gasteiger partial charge in [-0.25, -0.2) is 0 Å². The molecule has 0 fully saturated rings. The first-order chi connectivity index (χ1) is 14.3. The van der Waals surface area contributed by atoms with Gasteiger partial charge in [0.15, 0.2) is 0 Å². The Balaban J connectivity index is 0. The zero-order chi connectivity index (χ0) is 23.8. The maximum atomic E-state index is 9.55. The van der Waals surface area contributed by atoms with E-state index >= 15 is 0 Å². The second-order valence-electron chi connectivity index (χ2n) is 8.98. The zero-order valence-corrected chi connectivity index (χ0v) is 26.0. The second kappa shape index (κ2) is 15.4. The molecule has 0 spiro atoms. The van der Waals surface area contributed by atoms with Crippen LogP contribution in [0.15, 0.2) is 68.2 Å². The molecule has 1 heterocycles. The van der Waals surface area contributed by atoms with Crippen molar-refractivity contribution in [3.8, 4) is 11.5 Å². The van der Waals surface area contributed by atoms with E-state index in [2.05, 4.69) is 73.4 Å². The molecule has 0 saturated carbocycles. The van der Waals surface area contributed by atoms with Crippen molar-refractivity contribution in [3.63, 3.8) is 0 Å². The second-order valence-corrected chi connectivity index (χ2v) is 11.3. The quantitative estimate of drug-likeness (QED) is 0.257. The van der Waals surface area contributed by atoms with Gasteiger partial charge in [0.25, 0.3) is 0 Å². The van der Waals surface area contributed by atoms with E-state index in [1.165, 1.54) is 0 Å². The standard InChI is InChI=1S/2C10H13BrO.C5H4O.2ClH.Ti/c2*1-10(2,3)8-6-7(11)4-5-9(8)12;1-5-3-2-4-6-5;;;/h2*4-6,12H,1-3H3;1-4H;2*1H;. The Morgan fingerprint density at radius 2 is 1.15 bits per heavy atom. The van der Waals surface area contributed by atoms with Crippen LogP contribution in [-0.4, -0.2) is 14.5 Å². The van der Waals surface area contributed by atoms with E-state index in [1.54, 1.807) is 18.4 Å². The number of hydrogen-bond acceptors (Lipinski definition) is 3. The number of furan rings is 1. The van der Waals surface area contributed by atoms with Crippen molar-refractivity contribution < 1.29 is 34.6 Å². The summed E-state index contributed by atoms with van der Waals surface area (Å²) in [6, 6.07) is 14.8. The van der Waals surface area contributed by atoms with Gasteiger partial charge in [-0.1, -0.05) is 73.4 Å². The summed E-state index contributed by atoms with van der Waals surface area (Å²) in [5, 5.41) is 19.1. The van der Waals surface area contributed by atoms with Gasteiger partial charge in [0.05, 0.1) is 0 Å². The summed E-state index contributed by atoms with van der Waals surface area (Å²) >= 11 is 8.70. The Morgan fingerprint density at radius 3 is 1.36 bits per heavy atom. The summed E-state index contributed by atoms with van der Waals surface area (Å²) in [6.45, 7) is 12.5. The van der Waals surface area contributed by atoms with Gasteiger partial charge in [0.2, 0.25) is 0 Å². The van der Waals surface area contributed by atoms with Crippen molar-refractivity contribution in [2.24, 2.45) is 0 Å². The van der Waals surface area contributed by atoms with Gasteiger partial charge >= 0.3 is 52.9 Å². The van der Waals surface area contributed by atoms with E-state index in [4.69, 9.17) is 4.42 Å². The molecule has 0 amide bonds. The Hall–Kier alpha value is -0.556. The van der Waals surface area contributed by atoms with Crippen LogP contribution in [0.3, 0.4) is 0 Å². The predicted octanol–water partition coefficient (Wildman–Crippen LogP) is 8.72. The number of aromatic hydroxyl groups is 2. The van der Waals surface area contributed by atoms with E-state index < -0.39 is 0 Å². The van der Waals surface area contributed by atoms with E-state index in [0.717, 1.165) is 25.8 Å². The Bertz CT molecular complexity index is 919. The zero-order valence-electron chi connectivity index (χ0n) is 19.6. The van der Waals surface area contributed by atoms with Crippen molar-refractivity contribution in [3.05, 3.63) is 80.6 Å². The van der Waals surface area contributed by atoms with Gasteiger partial charge in [-0.05, 0) is 47.2 Å². The minimum absolute atomic E-state index is 0. The fraction of sp³-hybridized carbons (Fsp3) is 0.320. The van der Waals surface area contributed by atoms with Gasteiger partial charge in [-0.2, -0.15) is 0 Å². The van der Waals surface area contributed by atoms with Crippen molar-refractivity contribution >= 4 is 61.0 Å². The molecule has 3 rings (SSSR count). The number of rotatable bonds is 1. The maximum absolute atomic E-state index is 9.55. The van der Waals surface area contributed by atoms with Crippen LogP contribution in [0.1, 0.15) is 58.4 Å². The molecule has 0 saturated heterocycles. The van der Waals surface area contributed by atoms with E-state index in [-0.39, 0.29) is 35.6 Å². The summed E-state index contributed by atoms with van der Waals surface area (Å²) in [4.78, 5) is 0. The molecule has 3 nitrogen and oxygen atoms in total. The molecule has 0 unspecified atom stereocenters. The molecule has 0 aliphatic heterocycles. The van der Waals surface area contributed by atoms with Crippen LogP contribution in [0, 0.1) is 0 Å². The average Bonchev–Trinajstić information content (AvgIpc) is 3.19. The van der Waals surface area contributed by atoms with Crippen LogP contribution in [0.2, 0.25) is 0 Å². The monoisotopic (exact) mass is 656 g/mol. The summed E-state index contributed by atoms with van der Waals surface area (Å²) in [7, 11) is 0. The normalized spacial score (nSPS) is 10.3. The molecular formula is C25H32Br2Cl2O3Ti. The summed E-state index contributed by atoms with van der Waals surface area (Å²) in [5.74, 6) is 1.66. The van der Waals surface area contributed by atoms with Crippen molar-refractivity contribution in [2.75, 3.05) is 0 Å². The molecule has 2 aromatic carbocycles. The Morgan fingerprint density at radius 1 is 0.758 bits per heavy atom. The molecule has 0 aliphatic rings. The molecule has 0 atom stereocenters. The SMILES string of the molecule is CC(C)(C)c1cc(Br)ccc1O.CC(C)(C)c1cc(Br)ccc1O.Cl.Cl.[Ti]=[CH]c1ccco1. The Kier molecular flexibility index (Phi) is 16.2. The number of phenols is 2. The van der Waals surface area contributed by atoms with E-state index in [1.807, 2.05) is 60.7 Å². The predicted molar refractivity (Wildman–Crippen MR) is 147 cm³/mol. The van der Waals surface area contributed by atoms with Crippen LogP contribution in [0.5, 0.6) is 11.5 Å². The molecule has 3 aromatic rings. The third-order valence-corrected chi connectivity index (χ3v) is 5.65. The van der Waals surface area contributed by atoms with Crippen molar-refractivity contribution in [2.45, 2.75) is 52.4 Å². The number of benzene rings is 2. The van der Waals surface area contributed by atoms with Gasteiger partial charge in [-0.3, -0.25) is 0 Å². The fourth-order valence-electron chi connectivity index (χ4n) is 2.59. The molecule has 0 aliphatic carbocycles. The molecule has 2 N–H and O–H groups in total. The molecule has 182 valence electrons. The molecule has 1 aromatic heterocycles. The third-order valence-electron chi connectivity index (χ3n) is 4.22. The average molecular weight is 659 g/mol. The van der Waals surface area contributed by atoms with Crippen molar-refractivity contribution in [1.29, 1.82) is 0 Å². The van der Waals surface area contributed by atoms with Gasteiger partial charge in [-0.15, -0.1) is 24.8 Å².